The summed E-state index contributed by atoms with van der Waals surface area (Å²) in [6, 6.07) is 0. The zero-order valence-electron chi connectivity index (χ0n) is 51.6. The molecule has 0 aromatic rings. The van der Waals surface area contributed by atoms with Crippen LogP contribution in [0.4, 0.5) is 0 Å². The minimum Gasteiger partial charge on any atom is -0.462 e. The van der Waals surface area contributed by atoms with Crippen LogP contribution < -0.4 is 0 Å². The lowest BCUT2D eigenvalue weighted by Crippen LogP contribution is -2.30. The topological polar surface area (TPSA) is 78.9 Å². The molecule has 76 heavy (non-hydrogen) atoms. The maximum absolute atomic E-state index is 12.9. The molecule has 0 aromatic carbocycles. The van der Waals surface area contributed by atoms with Gasteiger partial charge in [-0.3, -0.25) is 14.4 Å². The largest absolute Gasteiger partial charge is 0.462 e. The average Bonchev–Trinajstić information content (AvgIpc) is 3.42. The molecule has 0 fully saturated rings. The maximum Gasteiger partial charge on any atom is 0.306 e. The van der Waals surface area contributed by atoms with Crippen molar-refractivity contribution in [2.45, 2.75) is 393 Å². The lowest BCUT2D eigenvalue weighted by molar-refractivity contribution is -0.167. The van der Waals surface area contributed by atoms with Gasteiger partial charge in [0.25, 0.3) is 0 Å². The molecule has 0 saturated carbocycles. The number of ether oxygens (including phenoxy) is 3. The maximum atomic E-state index is 12.9. The van der Waals surface area contributed by atoms with Crippen LogP contribution in [-0.4, -0.2) is 37.2 Å². The van der Waals surface area contributed by atoms with Crippen molar-refractivity contribution in [1.29, 1.82) is 0 Å². The Morgan fingerprint density at radius 2 is 0.447 bits per heavy atom. The van der Waals surface area contributed by atoms with Gasteiger partial charge in [-0.05, 0) is 64.2 Å². The summed E-state index contributed by atoms with van der Waals surface area (Å²) in [5.74, 6) is -0.868. The Hall–Kier alpha value is -2.11. The second-order valence-electron chi connectivity index (χ2n) is 23.4. The van der Waals surface area contributed by atoms with Gasteiger partial charge in [0, 0.05) is 19.3 Å². The van der Waals surface area contributed by atoms with E-state index in [2.05, 4.69) is 45.1 Å². The third-order valence-corrected chi connectivity index (χ3v) is 15.7. The van der Waals surface area contributed by atoms with Crippen LogP contribution in [0.2, 0.25) is 0 Å². The monoisotopic (exact) mass is 1070 g/mol. The highest BCUT2D eigenvalue weighted by Gasteiger charge is 2.19. The summed E-state index contributed by atoms with van der Waals surface area (Å²) in [6.07, 6.45) is 79.4. The molecule has 0 saturated heterocycles. The Morgan fingerprint density at radius 3 is 0.697 bits per heavy atom. The zero-order chi connectivity index (χ0) is 55.0. The van der Waals surface area contributed by atoms with Crippen LogP contribution in [0.15, 0.2) is 24.3 Å². The summed E-state index contributed by atoms with van der Waals surface area (Å²) in [7, 11) is 0. The Bertz CT molecular complexity index is 1230. The fourth-order valence-electron chi connectivity index (χ4n) is 10.5. The van der Waals surface area contributed by atoms with E-state index in [-0.39, 0.29) is 31.1 Å². The first kappa shape index (κ1) is 73.9. The van der Waals surface area contributed by atoms with Crippen LogP contribution in [0.5, 0.6) is 0 Å². The van der Waals surface area contributed by atoms with E-state index in [1.807, 2.05) is 0 Å². The van der Waals surface area contributed by atoms with E-state index in [4.69, 9.17) is 14.2 Å². The number of carbonyl (C=O) groups is 3. The fourth-order valence-corrected chi connectivity index (χ4v) is 10.5. The van der Waals surface area contributed by atoms with Crippen LogP contribution >= 0.6 is 0 Å². The number of unbranched alkanes of at least 4 members (excludes halogenated alkanes) is 49. The van der Waals surface area contributed by atoms with E-state index in [0.29, 0.717) is 19.3 Å². The molecule has 0 aliphatic heterocycles. The van der Waals surface area contributed by atoms with Crippen LogP contribution in [0.1, 0.15) is 387 Å². The van der Waals surface area contributed by atoms with Crippen molar-refractivity contribution in [3.63, 3.8) is 0 Å². The number of carbonyl (C=O) groups excluding carboxylic acids is 3. The number of esters is 3. The lowest BCUT2D eigenvalue weighted by Gasteiger charge is -2.18. The van der Waals surface area contributed by atoms with Crippen LogP contribution in [0, 0.1) is 0 Å². The van der Waals surface area contributed by atoms with Gasteiger partial charge in [-0.15, -0.1) is 0 Å². The van der Waals surface area contributed by atoms with Crippen molar-refractivity contribution >= 4 is 17.9 Å². The normalized spacial score (nSPS) is 12.1. The molecule has 1 atom stereocenters. The van der Waals surface area contributed by atoms with Crippen LogP contribution in [0.3, 0.4) is 0 Å². The van der Waals surface area contributed by atoms with Gasteiger partial charge >= 0.3 is 17.9 Å². The minimum atomic E-state index is -0.776. The number of hydrogen-bond acceptors (Lipinski definition) is 6. The number of rotatable bonds is 64. The molecular formula is C70H132O6. The van der Waals surface area contributed by atoms with Crippen molar-refractivity contribution in [2.24, 2.45) is 0 Å². The molecule has 0 N–H and O–H groups in total. The molecule has 0 aromatic heterocycles. The van der Waals surface area contributed by atoms with Gasteiger partial charge in [0.05, 0.1) is 0 Å². The molecule has 0 radical (unpaired) electrons. The Morgan fingerprint density at radius 1 is 0.250 bits per heavy atom. The second-order valence-corrected chi connectivity index (χ2v) is 23.4. The Labute approximate surface area is 474 Å². The van der Waals surface area contributed by atoms with E-state index in [1.165, 1.54) is 276 Å². The van der Waals surface area contributed by atoms with Gasteiger partial charge < -0.3 is 14.2 Å². The van der Waals surface area contributed by atoms with Gasteiger partial charge in [0.15, 0.2) is 6.10 Å². The Balaban J connectivity index is 4.04. The Kier molecular flexibility index (Phi) is 63.6. The van der Waals surface area contributed by atoms with Gasteiger partial charge in [-0.25, -0.2) is 0 Å². The molecule has 6 heteroatoms. The third kappa shape index (κ3) is 62.7. The highest BCUT2D eigenvalue weighted by atomic mass is 16.6. The summed E-state index contributed by atoms with van der Waals surface area (Å²) in [4.78, 5) is 38.2. The molecule has 0 aliphatic rings. The van der Waals surface area contributed by atoms with E-state index in [0.717, 1.165) is 70.6 Å². The summed E-state index contributed by atoms with van der Waals surface area (Å²) in [6.45, 7) is 6.65. The van der Waals surface area contributed by atoms with Gasteiger partial charge in [0.1, 0.15) is 13.2 Å². The highest BCUT2D eigenvalue weighted by molar-refractivity contribution is 5.71. The average molecular weight is 1070 g/mol. The van der Waals surface area contributed by atoms with Crippen molar-refractivity contribution in [3.05, 3.63) is 24.3 Å². The zero-order valence-corrected chi connectivity index (χ0v) is 51.6. The summed E-state index contributed by atoms with van der Waals surface area (Å²) < 4.78 is 16.9. The van der Waals surface area contributed by atoms with Gasteiger partial charge in [0.2, 0.25) is 0 Å². The molecule has 0 amide bonds. The second kappa shape index (κ2) is 65.4. The van der Waals surface area contributed by atoms with E-state index in [9.17, 15) is 14.4 Å². The number of hydrogen-bond donors (Lipinski definition) is 0. The van der Waals surface area contributed by atoms with Gasteiger partial charge in [-0.1, -0.05) is 328 Å². The third-order valence-electron chi connectivity index (χ3n) is 15.7. The standard InChI is InChI=1S/C70H132O6/c1-4-7-10-13-16-19-22-24-26-27-28-29-30-31-32-33-34-35-36-37-38-39-40-41-42-44-45-48-51-54-57-60-63-69(72)75-66-67(65-74-68(71)62-59-56-53-50-47-21-18-15-12-9-6-3)76-70(73)64-61-58-55-52-49-46-43-25-23-20-17-14-11-8-5-2/h15,18,25,43,67H,4-14,16-17,19-24,26-42,44-66H2,1-3H3/b18-15-,43-25-. The molecule has 0 rings (SSSR count). The van der Waals surface area contributed by atoms with Crippen LogP contribution in [-0.2, 0) is 28.6 Å². The summed E-state index contributed by atoms with van der Waals surface area (Å²) in [5.41, 5.74) is 0. The molecular weight excluding hydrogens is 937 g/mol. The smallest absolute Gasteiger partial charge is 0.306 e. The SMILES string of the molecule is CCCC/C=C\CCCCCCCC(=O)OCC(COC(=O)CCCCCCCCCCCCCCCCCCCCCCCCCCCCCCCCCC)OC(=O)CCCCCCC/C=C\CCCCCCCC. The van der Waals surface area contributed by atoms with Crippen molar-refractivity contribution in [3.8, 4) is 0 Å². The molecule has 0 heterocycles. The molecule has 1 unspecified atom stereocenters. The molecule has 0 bridgehead atoms. The molecule has 0 aliphatic carbocycles. The first-order chi connectivity index (χ1) is 37.5. The van der Waals surface area contributed by atoms with Crippen molar-refractivity contribution in [1.82, 2.24) is 0 Å². The van der Waals surface area contributed by atoms with Crippen LogP contribution in [0.25, 0.3) is 0 Å². The highest BCUT2D eigenvalue weighted by Crippen LogP contribution is 2.19. The van der Waals surface area contributed by atoms with Crippen molar-refractivity contribution in [2.75, 3.05) is 13.2 Å². The number of allylic oxidation sites excluding steroid dienone is 4. The summed E-state index contributed by atoms with van der Waals surface area (Å²) in [5, 5.41) is 0. The molecule has 0 spiro atoms. The first-order valence-corrected chi connectivity index (χ1v) is 34.3. The predicted octanol–water partition coefficient (Wildman–Crippen LogP) is 23.4. The van der Waals surface area contributed by atoms with Gasteiger partial charge in [-0.2, -0.15) is 0 Å². The molecule has 6 nitrogen and oxygen atoms in total. The molecule has 448 valence electrons. The fraction of sp³-hybridized carbons (Fsp3) is 0.900. The minimum absolute atomic E-state index is 0.0727. The lowest BCUT2D eigenvalue weighted by atomic mass is 10.0. The van der Waals surface area contributed by atoms with Crippen molar-refractivity contribution < 1.29 is 28.6 Å². The summed E-state index contributed by atoms with van der Waals surface area (Å²) >= 11 is 0. The predicted molar refractivity (Wildman–Crippen MR) is 330 cm³/mol. The quantitative estimate of drug-likeness (QED) is 0.0261. The first-order valence-electron chi connectivity index (χ1n) is 34.3. The van der Waals surface area contributed by atoms with E-state index < -0.39 is 6.10 Å². The van der Waals surface area contributed by atoms with E-state index in [1.54, 1.807) is 0 Å². The van der Waals surface area contributed by atoms with E-state index >= 15 is 0 Å².